The van der Waals surface area contributed by atoms with Gasteiger partial charge in [0.05, 0.1) is 5.39 Å². The van der Waals surface area contributed by atoms with Gasteiger partial charge in [-0.2, -0.15) is 0 Å². The van der Waals surface area contributed by atoms with Crippen LogP contribution in [0.4, 0.5) is 14.5 Å². The smallest absolute Gasteiger partial charge is 0.344 e. The summed E-state index contributed by atoms with van der Waals surface area (Å²) in [4.78, 5) is 25.3. The van der Waals surface area contributed by atoms with Crippen LogP contribution in [-0.2, 0) is 0 Å². The van der Waals surface area contributed by atoms with Gasteiger partial charge in [0.1, 0.15) is 0 Å². The van der Waals surface area contributed by atoms with Crippen LogP contribution in [0.3, 0.4) is 0 Å². The Labute approximate surface area is 164 Å². The third-order valence-corrected chi connectivity index (χ3v) is 4.56. The van der Waals surface area contributed by atoms with E-state index in [-0.39, 0.29) is 11.4 Å². The van der Waals surface area contributed by atoms with E-state index >= 15 is 0 Å². The summed E-state index contributed by atoms with van der Waals surface area (Å²) in [5.74, 6) is -3.07. The molecule has 1 amide bonds. The summed E-state index contributed by atoms with van der Waals surface area (Å²) in [6.07, 6.45) is 0. The van der Waals surface area contributed by atoms with Gasteiger partial charge >= 0.3 is 5.63 Å². The van der Waals surface area contributed by atoms with E-state index in [1.165, 1.54) is 6.07 Å². The van der Waals surface area contributed by atoms with Crippen molar-refractivity contribution in [2.45, 2.75) is 6.92 Å². The van der Waals surface area contributed by atoms with Crippen LogP contribution in [0.15, 0.2) is 75.9 Å². The molecule has 4 aromatic rings. The van der Waals surface area contributed by atoms with Crippen LogP contribution in [0.1, 0.15) is 16.1 Å². The van der Waals surface area contributed by atoms with Crippen LogP contribution in [0.2, 0.25) is 0 Å². The molecule has 6 heteroatoms. The van der Waals surface area contributed by atoms with Gasteiger partial charge in [0.25, 0.3) is 5.91 Å². The van der Waals surface area contributed by atoms with Crippen molar-refractivity contribution in [3.8, 4) is 11.1 Å². The SMILES string of the molecule is Cc1ccc(-c2c(C(=O)Nc3ccc(F)c(F)c3)oc(=O)c3ccccc23)cc1. The van der Waals surface area contributed by atoms with Crippen molar-refractivity contribution < 1.29 is 18.0 Å². The lowest BCUT2D eigenvalue weighted by molar-refractivity contribution is 0.0994. The number of anilines is 1. The minimum atomic E-state index is -1.10. The number of carbonyl (C=O) groups is 1. The minimum Gasteiger partial charge on any atom is -0.416 e. The van der Waals surface area contributed by atoms with E-state index in [9.17, 15) is 18.4 Å². The van der Waals surface area contributed by atoms with Gasteiger partial charge in [-0.1, -0.05) is 48.0 Å². The standard InChI is InChI=1S/C23H15F2NO3/c1-13-6-8-14(9-7-13)20-16-4-2-3-5-17(16)23(28)29-21(20)22(27)26-15-10-11-18(24)19(25)12-15/h2-12H,1H3,(H,26,27). The van der Waals surface area contributed by atoms with Crippen molar-refractivity contribution in [3.63, 3.8) is 0 Å². The van der Waals surface area contributed by atoms with Gasteiger partial charge in [0.2, 0.25) is 5.76 Å². The van der Waals surface area contributed by atoms with Crippen LogP contribution in [0.5, 0.6) is 0 Å². The first-order valence-electron chi connectivity index (χ1n) is 8.83. The van der Waals surface area contributed by atoms with E-state index in [1.54, 1.807) is 24.3 Å². The zero-order valence-electron chi connectivity index (χ0n) is 15.3. The van der Waals surface area contributed by atoms with Crippen LogP contribution in [0, 0.1) is 18.6 Å². The topological polar surface area (TPSA) is 59.3 Å². The fraction of sp³-hybridized carbons (Fsp3) is 0.0435. The van der Waals surface area contributed by atoms with Gasteiger partial charge in [-0.05, 0) is 30.7 Å². The fourth-order valence-electron chi connectivity index (χ4n) is 3.13. The predicted octanol–water partition coefficient (Wildman–Crippen LogP) is 5.30. The number of halogens is 2. The maximum Gasteiger partial charge on any atom is 0.344 e. The lowest BCUT2D eigenvalue weighted by Gasteiger charge is -2.12. The molecule has 0 aliphatic heterocycles. The summed E-state index contributed by atoms with van der Waals surface area (Å²) in [7, 11) is 0. The highest BCUT2D eigenvalue weighted by Crippen LogP contribution is 2.31. The maximum absolute atomic E-state index is 13.5. The van der Waals surface area contributed by atoms with Gasteiger partial charge in [0.15, 0.2) is 11.6 Å². The van der Waals surface area contributed by atoms with Gasteiger partial charge < -0.3 is 9.73 Å². The average molecular weight is 391 g/mol. The molecule has 29 heavy (non-hydrogen) atoms. The zero-order valence-corrected chi connectivity index (χ0v) is 15.3. The Morgan fingerprint density at radius 2 is 1.59 bits per heavy atom. The molecule has 0 spiro atoms. The molecular weight excluding hydrogens is 376 g/mol. The highest BCUT2D eigenvalue weighted by atomic mass is 19.2. The molecule has 3 aromatic carbocycles. The van der Waals surface area contributed by atoms with Crippen molar-refractivity contribution in [2.24, 2.45) is 0 Å². The number of aryl methyl sites for hydroxylation is 1. The zero-order chi connectivity index (χ0) is 20.5. The first kappa shape index (κ1) is 18.6. The fourth-order valence-corrected chi connectivity index (χ4v) is 3.13. The quantitative estimate of drug-likeness (QED) is 0.516. The molecule has 0 saturated heterocycles. The maximum atomic E-state index is 13.5. The second-order valence-electron chi connectivity index (χ2n) is 6.59. The number of hydrogen-bond acceptors (Lipinski definition) is 3. The van der Waals surface area contributed by atoms with Crippen molar-refractivity contribution >= 4 is 22.4 Å². The largest absolute Gasteiger partial charge is 0.416 e. The lowest BCUT2D eigenvalue weighted by Crippen LogP contribution is -2.17. The molecule has 1 N–H and O–H groups in total. The predicted molar refractivity (Wildman–Crippen MR) is 107 cm³/mol. The molecule has 1 aromatic heterocycles. The number of carbonyl (C=O) groups excluding carboxylic acids is 1. The van der Waals surface area contributed by atoms with Crippen LogP contribution in [0.25, 0.3) is 21.9 Å². The molecular formula is C23H15F2NO3. The van der Waals surface area contributed by atoms with Crippen molar-refractivity contribution in [2.75, 3.05) is 5.32 Å². The molecule has 0 atom stereocenters. The van der Waals surface area contributed by atoms with E-state index in [1.807, 2.05) is 31.2 Å². The number of amides is 1. The molecule has 0 fully saturated rings. The van der Waals surface area contributed by atoms with Crippen molar-refractivity contribution in [1.29, 1.82) is 0 Å². The Hall–Kier alpha value is -3.80. The number of rotatable bonds is 3. The van der Waals surface area contributed by atoms with Crippen molar-refractivity contribution in [3.05, 3.63) is 100 Å². The number of hydrogen-bond donors (Lipinski definition) is 1. The Bertz CT molecular complexity index is 1290. The Kier molecular flexibility index (Phi) is 4.68. The van der Waals surface area contributed by atoms with E-state index in [0.717, 1.165) is 17.7 Å². The summed E-state index contributed by atoms with van der Waals surface area (Å²) in [5.41, 5.74) is 1.54. The number of fused-ring (bicyclic) bond motifs is 1. The van der Waals surface area contributed by atoms with Gasteiger partial charge in [-0.3, -0.25) is 4.79 Å². The van der Waals surface area contributed by atoms with E-state index in [2.05, 4.69) is 5.32 Å². The van der Waals surface area contributed by atoms with E-state index in [4.69, 9.17) is 4.42 Å². The minimum absolute atomic E-state index is 0.0413. The van der Waals surface area contributed by atoms with E-state index < -0.39 is 23.2 Å². The summed E-state index contributed by atoms with van der Waals surface area (Å²) >= 11 is 0. The van der Waals surface area contributed by atoms with Crippen LogP contribution in [-0.4, -0.2) is 5.91 Å². The first-order valence-corrected chi connectivity index (χ1v) is 8.83. The van der Waals surface area contributed by atoms with Crippen molar-refractivity contribution in [1.82, 2.24) is 0 Å². The summed E-state index contributed by atoms with van der Waals surface area (Å²) < 4.78 is 32.0. The lowest BCUT2D eigenvalue weighted by atomic mass is 9.97. The third-order valence-electron chi connectivity index (χ3n) is 4.56. The summed E-state index contributed by atoms with van der Waals surface area (Å²) in [6, 6.07) is 17.2. The van der Waals surface area contributed by atoms with Crippen LogP contribution >= 0.6 is 0 Å². The van der Waals surface area contributed by atoms with Gasteiger partial charge in [-0.25, -0.2) is 13.6 Å². The highest BCUT2D eigenvalue weighted by molar-refractivity contribution is 6.11. The third kappa shape index (κ3) is 3.52. The second kappa shape index (κ2) is 7.31. The Morgan fingerprint density at radius 1 is 0.897 bits per heavy atom. The normalized spacial score (nSPS) is 10.9. The van der Waals surface area contributed by atoms with Gasteiger partial charge in [-0.15, -0.1) is 0 Å². The molecule has 0 aliphatic carbocycles. The number of nitrogens with one attached hydrogen (secondary N) is 1. The first-order chi connectivity index (χ1) is 13.9. The molecule has 0 unspecified atom stereocenters. The van der Waals surface area contributed by atoms with Crippen LogP contribution < -0.4 is 10.9 Å². The molecule has 144 valence electrons. The second-order valence-corrected chi connectivity index (χ2v) is 6.59. The molecule has 0 aliphatic rings. The summed E-state index contributed by atoms with van der Waals surface area (Å²) in [6.45, 7) is 1.93. The average Bonchev–Trinajstić information content (AvgIpc) is 2.71. The molecule has 0 bridgehead atoms. The molecule has 0 radical (unpaired) electrons. The summed E-state index contributed by atoms with van der Waals surface area (Å²) in [5, 5.41) is 3.36. The Morgan fingerprint density at radius 3 is 2.28 bits per heavy atom. The number of benzene rings is 3. The monoisotopic (exact) mass is 391 g/mol. The highest BCUT2D eigenvalue weighted by Gasteiger charge is 2.21. The molecule has 4 nitrogen and oxygen atoms in total. The molecule has 0 saturated carbocycles. The Balaban J connectivity index is 1.89. The van der Waals surface area contributed by atoms with Gasteiger partial charge in [0, 0.05) is 22.7 Å². The molecule has 4 rings (SSSR count). The molecule has 1 heterocycles. The van der Waals surface area contributed by atoms with E-state index in [0.29, 0.717) is 21.9 Å².